The number of carbonyl (C=O) groups is 1. The second kappa shape index (κ2) is 8.13. The lowest BCUT2D eigenvalue weighted by atomic mass is 10.0. The SMILES string of the molecule is C=CC[C@H]1CN(C(=O)c2ccc(C)cc2)CCN1Cc1ccccc1. The maximum atomic E-state index is 12.8. The molecule has 0 spiro atoms. The van der Waals surface area contributed by atoms with Crippen molar-refractivity contribution in [1.82, 2.24) is 9.80 Å². The van der Waals surface area contributed by atoms with E-state index in [0.29, 0.717) is 6.04 Å². The monoisotopic (exact) mass is 334 g/mol. The van der Waals surface area contributed by atoms with Crippen LogP contribution < -0.4 is 0 Å². The van der Waals surface area contributed by atoms with Crippen molar-refractivity contribution in [1.29, 1.82) is 0 Å². The Balaban J connectivity index is 1.69. The summed E-state index contributed by atoms with van der Waals surface area (Å²) in [6.45, 7) is 9.29. The summed E-state index contributed by atoms with van der Waals surface area (Å²) in [5, 5.41) is 0. The summed E-state index contributed by atoms with van der Waals surface area (Å²) in [7, 11) is 0. The highest BCUT2D eigenvalue weighted by Crippen LogP contribution is 2.19. The highest BCUT2D eigenvalue weighted by atomic mass is 16.2. The van der Waals surface area contributed by atoms with Gasteiger partial charge in [-0.1, -0.05) is 54.1 Å². The van der Waals surface area contributed by atoms with Crippen LogP contribution in [-0.2, 0) is 6.54 Å². The van der Waals surface area contributed by atoms with Gasteiger partial charge in [0.05, 0.1) is 0 Å². The molecule has 0 bridgehead atoms. The first-order valence-electron chi connectivity index (χ1n) is 8.92. The molecule has 130 valence electrons. The van der Waals surface area contributed by atoms with Gasteiger partial charge in [-0.25, -0.2) is 0 Å². The average Bonchev–Trinajstić information content (AvgIpc) is 2.64. The van der Waals surface area contributed by atoms with Crippen molar-refractivity contribution in [2.24, 2.45) is 0 Å². The maximum absolute atomic E-state index is 12.8. The molecule has 1 aliphatic rings. The number of nitrogens with zero attached hydrogens (tertiary/aromatic N) is 2. The van der Waals surface area contributed by atoms with E-state index < -0.39 is 0 Å². The quantitative estimate of drug-likeness (QED) is 0.774. The molecule has 25 heavy (non-hydrogen) atoms. The second-order valence-electron chi connectivity index (χ2n) is 6.75. The summed E-state index contributed by atoms with van der Waals surface area (Å²) < 4.78 is 0. The normalized spacial score (nSPS) is 18.1. The van der Waals surface area contributed by atoms with Gasteiger partial charge >= 0.3 is 0 Å². The van der Waals surface area contributed by atoms with Gasteiger partial charge in [0, 0.05) is 37.8 Å². The third kappa shape index (κ3) is 4.37. The number of rotatable bonds is 5. The number of carbonyl (C=O) groups excluding carboxylic acids is 1. The van der Waals surface area contributed by atoms with E-state index >= 15 is 0 Å². The zero-order valence-corrected chi connectivity index (χ0v) is 14.9. The Bertz CT molecular complexity index is 709. The van der Waals surface area contributed by atoms with Gasteiger partial charge in [0.15, 0.2) is 0 Å². The van der Waals surface area contributed by atoms with Gasteiger partial charge in [-0.2, -0.15) is 0 Å². The van der Waals surface area contributed by atoms with E-state index in [-0.39, 0.29) is 5.91 Å². The highest BCUT2D eigenvalue weighted by Gasteiger charge is 2.29. The zero-order valence-electron chi connectivity index (χ0n) is 14.9. The topological polar surface area (TPSA) is 23.6 Å². The minimum Gasteiger partial charge on any atom is -0.336 e. The number of hydrogen-bond donors (Lipinski definition) is 0. The summed E-state index contributed by atoms with van der Waals surface area (Å²) in [5.41, 5.74) is 3.27. The number of aryl methyl sites for hydroxylation is 1. The van der Waals surface area contributed by atoms with Crippen molar-refractivity contribution >= 4 is 5.91 Å². The number of hydrogen-bond acceptors (Lipinski definition) is 2. The third-order valence-electron chi connectivity index (χ3n) is 4.86. The molecule has 1 heterocycles. The third-order valence-corrected chi connectivity index (χ3v) is 4.86. The van der Waals surface area contributed by atoms with Gasteiger partial charge in [-0.15, -0.1) is 6.58 Å². The van der Waals surface area contributed by atoms with Crippen LogP contribution in [0.1, 0.15) is 27.9 Å². The van der Waals surface area contributed by atoms with Crippen molar-refractivity contribution in [3.8, 4) is 0 Å². The lowest BCUT2D eigenvalue weighted by Gasteiger charge is -2.41. The van der Waals surface area contributed by atoms with Crippen molar-refractivity contribution < 1.29 is 4.79 Å². The Morgan fingerprint density at radius 2 is 1.84 bits per heavy atom. The molecule has 0 N–H and O–H groups in total. The molecule has 3 rings (SSSR count). The Kier molecular flexibility index (Phi) is 5.67. The predicted molar refractivity (Wildman–Crippen MR) is 103 cm³/mol. The second-order valence-corrected chi connectivity index (χ2v) is 6.75. The van der Waals surface area contributed by atoms with Crippen molar-refractivity contribution in [3.05, 3.63) is 83.9 Å². The minimum atomic E-state index is 0.133. The van der Waals surface area contributed by atoms with Crippen LogP contribution >= 0.6 is 0 Å². The first kappa shape index (κ1) is 17.4. The van der Waals surface area contributed by atoms with E-state index in [1.54, 1.807) is 0 Å². The molecule has 2 aromatic carbocycles. The molecular formula is C22H26N2O. The first-order chi connectivity index (χ1) is 12.2. The molecular weight excluding hydrogens is 308 g/mol. The standard InChI is InChI=1S/C22H26N2O/c1-3-7-21-17-24(22(25)20-12-10-18(2)11-13-20)15-14-23(21)16-19-8-5-4-6-9-19/h3-6,8-13,21H,1,7,14-17H2,2H3/t21-/m0/s1. The largest absolute Gasteiger partial charge is 0.336 e. The van der Waals surface area contributed by atoms with Gasteiger partial charge in [0.1, 0.15) is 0 Å². The molecule has 1 saturated heterocycles. The van der Waals surface area contributed by atoms with E-state index in [0.717, 1.165) is 38.2 Å². The summed E-state index contributed by atoms with van der Waals surface area (Å²) in [4.78, 5) is 17.3. The molecule has 0 aromatic heterocycles. The van der Waals surface area contributed by atoms with Crippen LogP contribution in [0, 0.1) is 6.92 Å². The van der Waals surface area contributed by atoms with E-state index in [4.69, 9.17) is 0 Å². The number of amides is 1. The van der Waals surface area contributed by atoms with Gasteiger partial charge < -0.3 is 4.90 Å². The molecule has 0 unspecified atom stereocenters. The summed E-state index contributed by atoms with van der Waals surface area (Å²) in [5.74, 6) is 0.133. The molecule has 1 aliphatic heterocycles. The molecule has 2 aromatic rings. The zero-order chi connectivity index (χ0) is 17.6. The van der Waals surface area contributed by atoms with Gasteiger partial charge in [0.25, 0.3) is 5.91 Å². The molecule has 3 nitrogen and oxygen atoms in total. The summed E-state index contributed by atoms with van der Waals surface area (Å²) in [6, 6.07) is 18.7. The van der Waals surface area contributed by atoms with Gasteiger partial charge in [0.2, 0.25) is 0 Å². The van der Waals surface area contributed by atoms with Crippen LogP contribution in [0.2, 0.25) is 0 Å². The van der Waals surface area contributed by atoms with E-state index in [1.165, 1.54) is 11.1 Å². The maximum Gasteiger partial charge on any atom is 0.253 e. The Hall–Kier alpha value is -2.39. The van der Waals surface area contributed by atoms with E-state index in [2.05, 4.69) is 35.7 Å². The van der Waals surface area contributed by atoms with Crippen LogP contribution in [0.3, 0.4) is 0 Å². The lowest BCUT2D eigenvalue weighted by molar-refractivity contribution is 0.0465. The number of benzene rings is 2. The first-order valence-corrected chi connectivity index (χ1v) is 8.92. The fraction of sp³-hybridized carbons (Fsp3) is 0.318. The van der Waals surface area contributed by atoms with Gasteiger partial charge in [-0.05, 0) is 31.0 Å². The van der Waals surface area contributed by atoms with Crippen LogP contribution in [0.5, 0.6) is 0 Å². The number of piperazine rings is 1. The van der Waals surface area contributed by atoms with E-state index in [1.807, 2.05) is 48.2 Å². The predicted octanol–water partition coefficient (Wildman–Crippen LogP) is 3.90. The molecule has 1 fully saturated rings. The van der Waals surface area contributed by atoms with Crippen molar-refractivity contribution in [2.75, 3.05) is 19.6 Å². The fourth-order valence-corrected chi connectivity index (χ4v) is 3.40. The van der Waals surface area contributed by atoms with Gasteiger partial charge in [-0.3, -0.25) is 9.69 Å². The van der Waals surface area contributed by atoms with Crippen LogP contribution in [0.25, 0.3) is 0 Å². The highest BCUT2D eigenvalue weighted by molar-refractivity contribution is 5.94. The smallest absolute Gasteiger partial charge is 0.253 e. The fourth-order valence-electron chi connectivity index (χ4n) is 3.40. The van der Waals surface area contributed by atoms with E-state index in [9.17, 15) is 4.79 Å². The van der Waals surface area contributed by atoms with Crippen LogP contribution in [0.4, 0.5) is 0 Å². The Morgan fingerprint density at radius 1 is 1.12 bits per heavy atom. The average molecular weight is 334 g/mol. The molecule has 0 saturated carbocycles. The molecule has 1 atom stereocenters. The molecule has 0 radical (unpaired) electrons. The van der Waals surface area contributed by atoms with Crippen molar-refractivity contribution in [3.63, 3.8) is 0 Å². The van der Waals surface area contributed by atoms with Crippen LogP contribution in [0.15, 0.2) is 67.3 Å². The molecule has 1 amide bonds. The summed E-state index contributed by atoms with van der Waals surface area (Å²) in [6.07, 6.45) is 2.85. The summed E-state index contributed by atoms with van der Waals surface area (Å²) >= 11 is 0. The molecule has 0 aliphatic carbocycles. The van der Waals surface area contributed by atoms with Crippen molar-refractivity contribution in [2.45, 2.75) is 25.9 Å². The molecule has 3 heteroatoms. The Labute approximate surface area is 150 Å². The minimum absolute atomic E-state index is 0.133. The lowest BCUT2D eigenvalue weighted by Crippen LogP contribution is -2.54. The van der Waals surface area contributed by atoms with Crippen LogP contribution in [-0.4, -0.2) is 41.4 Å². The Morgan fingerprint density at radius 3 is 2.52 bits per heavy atom.